The molecule has 0 spiro atoms. The summed E-state index contributed by atoms with van der Waals surface area (Å²) < 4.78 is 10.8. The highest BCUT2D eigenvalue weighted by Gasteiger charge is 2.20. The van der Waals surface area contributed by atoms with Crippen molar-refractivity contribution in [3.8, 4) is 17.0 Å². The number of aryl methyl sites for hydroxylation is 1. The summed E-state index contributed by atoms with van der Waals surface area (Å²) in [5.41, 5.74) is 8.71. The van der Waals surface area contributed by atoms with Gasteiger partial charge in [0.15, 0.2) is 5.82 Å². The van der Waals surface area contributed by atoms with Crippen molar-refractivity contribution < 1.29 is 4.74 Å². The van der Waals surface area contributed by atoms with Crippen LogP contribution in [0.15, 0.2) is 53.6 Å². The van der Waals surface area contributed by atoms with Crippen molar-refractivity contribution in [1.82, 2.24) is 19.7 Å². The molecule has 0 radical (unpaired) electrons. The van der Waals surface area contributed by atoms with Crippen molar-refractivity contribution in [3.63, 3.8) is 0 Å². The van der Waals surface area contributed by atoms with Gasteiger partial charge < -0.3 is 20.5 Å². The molecule has 0 bridgehead atoms. The summed E-state index contributed by atoms with van der Waals surface area (Å²) in [4.78, 5) is 10.3. The second-order valence-electron chi connectivity index (χ2n) is 8.74. The minimum atomic E-state index is 0.307. The molecule has 2 aromatic carbocycles. The summed E-state index contributed by atoms with van der Waals surface area (Å²) in [5.74, 6) is 2.04. The van der Waals surface area contributed by atoms with Crippen LogP contribution in [0.4, 0.5) is 11.8 Å². The maximum atomic E-state index is 6.26. The number of rotatable bonds is 7. The molecule has 10 heteroatoms. The maximum absolute atomic E-state index is 6.26. The minimum absolute atomic E-state index is 0.307. The smallest absolute Gasteiger partial charge is 0.223 e. The number of nitrogens with one attached hydrogen (secondary N) is 2. The first-order valence-electron chi connectivity index (χ1n) is 11.6. The van der Waals surface area contributed by atoms with Crippen LogP contribution in [-0.2, 0) is 7.05 Å². The van der Waals surface area contributed by atoms with Crippen LogP contribution in [0.1, 0.15) is 25.7 Å². The van der Waals surface area contributed by atoms with Gasteiger partial charge in [-0.25, -0.2) is 9.97 Å². The SMILES string of the molecule is COc1cc(-c2cc(NSc3ccccc3Cl)nn2C)cc2cnc(N[C@H]3CC[C@H](N)CC3)nc12. The summed E-state index contributed by atoms with van der Waals surface area (Å²) in [5, 5.41) is 9.67. The van der Waals surface area contributed by atoms with Crippen LogP contribution in [0.2, 0.25) is 5.02 Å². The molecule has 35 heavy (non-hydrogen) atoms. The zero-order chi connectivity index (χ0) is 24.4. The number of ether oxygens (including phenoxy) is 1. The Kier molecular flexibility index (Phi) is 6.99. The summed E-state index contributed by atoms with van der Waals surface area (Å²) in [6.07, 6.45) is 5.95. The molecule has 1 aliphatic carbocycles. The minimum Gasteiger partial charge on any atom is -0.494 e. The second kappa shape index (κ2) is 10.3. The van der Waals surface area contributed by atoms with E-state index in [1.165, 1.54) is 11.9 Å². The Morgan fingerprint density at radius 1 is 1.14 bits per heavy atom. The summed E-state index contributed by atoms with van der Waals surface area (Å²) in [6.45, 7) is 0. The van der Waals surface area contributed by atoms with Gasteiger partial charge in [0.2, 0.25) is 5.95 Å². The second-order valence-corrected chi connectivity index (χ2v) is 9.99. The first-order chi connectivity index (χ1) is 17.0. The third kappa shape index (κ3) is 5.32. The van der Waals surface area contributed by atoms with E-state index in [-0.39, 0.29) is 0 Å². The van der Waals surface area contributed by atoms with E-state index >= 15 is 0 Å². The number of benzene rings is 2. The Hall–Kier alpha value is -3.01. The van der Waals surface area contributed by atoms with Crippen LogP contribution < -0.4 is 20.5 Å². The number of methoxy groups -OCH3 is 1. The first-order valence-corrected chi connectivity index (χ1v) is 12.8. The van der Waals surface area contributed by atoms with Crippen molar-refractivity contribution in [1.29, 1.82) is 0 Å². The fraction of sp³-hybridized carbons (Fsp3) is 0.320. The van der Waals surface area contributed by atoms with Crippen molar-refractivity contribution in [2.24, 2.45) is 12.8 Å². The largest absolute Gasteiger partial charge is 0.494 e. The summed E-state index contributed by atoms with van der Waals surface area (Å²) in [6, 6.07) is 14.4. The number of nitrogens with two attached hydrogens (primary N) is 1. The van der Waals surface area contributed by atoms with Gasteiger partial charge in [-0.05, 0) is 61.9 Å². The quantitative estimate of drug-likeness (QED) is 0.281. The predicted octanol–water partition coefficient (Wildman–Crippen LogP) is 5.49. The average Bonchev–Trinajstić information content (AvgIpc) is 3.24. The highest BCUT2D eigenvalue weighted by atomic mass is 35.5. The third-order valence-corrected chi connectivity index (χ3v) is 7.58. The van der Waals surface area contributed by atoms with Gasteiger partial charge in [0.1, 0.15) is 11.3 Å². The predicted molar refractivity (Wildman–Crippen MR) is 143 cm³/mol. The fourth-order valence-corrected chi connectivity index (χ4v) is 5.23. The molecule has 0 atom stereocenters. The standard InChI is InChI=1S/C25H28ClN7OS/c1-33-20(13-23(31-33)32-35-22-6-4-3-5-19(22)26)15-11-16-14-28-25(30-24(16)21(12-15)34-2)29-18-9-7-17(27)8-10-18/h3-6,11-14,17-18H,7-10,27H2,1-2H3,(H,31,32)(H,28,29,30)/t17-,18-. The first kappa shape index (κ1) is 23.7. The lowest BCUT2D eigenvalue weighted by molar-refractivity contribution is 0.409. The molecule has 0 saturated heterocycles. The van der Waals surface area contributed by atoms with Gasteiger partial charge >= 0.3 is 0 Å². The molecule has 0 amide bonds. The monoisotopic (exact) mass is 509 g/mol. The highest BCUT2D eigenvalue weighted by Crippen LogP contribution is 2.34. The van der Waals surface area contributed by atoms with Gasteiger partial charge in [-0.15, -0.1) is 0 Å². The van der Waals surface area contributed by atoms with E-state index in [0.29, 0.717) is 28.8 Å². The van der Waals surface area contributed by atoms with Crippen LogP contribution in [0.3, 0.4) is 0 Å². The molecule has 0 aliphatic heterocycles. The van der Waals surface area contributed by atoms with Gasteiger partial charge in [0.05, 0.1) is 17.8 Å². The van der Waals surface area contributed by atoms with Crippen LogP contribution in [0, 0.1) is 0 Å². The van der Waals surface area contributed by atoms with E-state index in [1.807, 2.05) is 54.3 Å². The Labute approximate surface area is 213 Å². The molecule has 1 fully saturated rings. The molecule has 5 rings (SSSR count). The number of nitrogens with zero attached hydrogens (tertiary/aromatic N) is 4. The number of aromatic nitrogens is 4. The molecule has 0 unspecified atom stereocenters. The fourth-order valence-electron chi connectivity index (χ4n) is 4.35. The van der Waals surface area contributed by atoms with Crippen LogP contribution in [0.25, 0.3) is 22.2 Å². The molecular formula is C25H28ClN7OS. The van der Waals surface area contributed by atoms with Crippen molar-refractivity contribution in [3.05, 3.63) is 53.7 Å². The number of anilines is 2. The Bertz CT molecular complexity index is 1340. The molecule has 1 saturated carbocycles. The third-order valence-electron chi connectivity index (χ3n) is 6.25. The lowest BCUT2D eigenvalue weighted by Gasteiger charge is -2.26. The van der Waals surface area contributed by atoms with E-state index in [2.05, 4.69) is 26.2 Å². The van der Waals surface area contributed by atoms with Gasteiger partial charge in [0.25, 0.3) is 0 Å². The number of hydrogen-bond donors (Lipinski definition) is 3. The van der Waals surface area contributed by atoms with Crippen molar-refractivity contribution in [2.45, 2.75) is 42.7 Å². The van der Waals surface area contributed by atoms with Gasteiger partial charge in [-0.2, -0.15) is 5.10 Å². The maximum Gasteiger partial charge on any atom is 0.223 e. The van der Waals surface area contributed by atoms with Crippen LogP contribution >= 0.6 is 23.5 Å². The van der Waals surface area contributed by atoms with Crippen molar-refractivity contribution in [2.75, 3.05) is 17.1 Å². The molecule has 4 N–H and O–H groups in total. The van der Waals surface area contributed by atoms with E-state index < -0.39 is 0 Å². The molecular weight excluding hydrogens is 482 g/mol. The Morgan fingerprint density at radius 3 is 2.71 bits per heavy atom. The number of hydrogen-bond acceptors (Lipinski definition) is 8. The van der Waals surface area contributed by atoms with E-state index in [4.69, 9.17) is 27.1 Å². The Balaban J connectivity index is 1.38. The van der Waals surface area contributed by atoms with E-state index in [0.717, 1.165) is 58.6 Å². The van der Waals surface area contributed by atoms with Crippen LogP contribution in [0.5, 0.6) is 5.75 Å². The van der Waals surface area contributed by atoms with Gasteiger partial charge in [0, 0.05) is 47.2 Å². The molecule has 182 valence electrons. The zero-order valence-electron chi connectivity index (χ0n) is 19.7. The lowest BCUT2D eigenvalue weighted by atomic mass is 9.92. The molecule has 2 aromatic heterocycles. The van der Waals surface area contributed by atoms with Gasteiger partial charge in [-0.1, -0.05) is 23.7 Å². The summed E-state index contributed by atoms with van der Waals surface area (Å²) >= 11 is 7.69. The topological polar surface area (TPSA) is 103 Å². The number of halogens is 1. The molecule has 8 nitrogen and oxygen atoms in total. The molecule has 4 aromatic rings. The average molecular weight is 510 g/mol. The molecule has 2 heterocycles. The number of fused-ring (bicyclic) bond motifs is 1. The zero-order valence-corrected chi connectivity index (χ0v) is 21.2. The van der Waals surface area contributed by atoms with E-state index in [1.54, 1.807) is 7.11 Å². The van der Waals surface area contributed by atoms with Crippen LogP contribution in [-0.4, -0.2) is 38.9 Å². The van der Waals surface area contributed by atoms with Gasteiger partial charge in [-0.3, -0.25) is 4.68 Å². The summed E-state index contributed by atoms with van der Waals surface area (Å²) in [7, 11) is 3.57. The highest BCUT2D eigenvalue weighted by molar-refractivity contribution is 8.00. The lowest BCUT2D eigenvalue weighted by Crippen LogP contribution is -2.33. The molecule has 1 aliphatic rings. The Morgan fingerprint density at radius 2 is 1.94 bits per heavy atom. The van der Waals surface area contributed by atoms with Crippen molar-refractivity contribution >= 4 is 46.2 Å². The normalized spacial score (nSPS) is 17.9. The van der Waals surface area contributed by atoms with E-state index in [9.17, 15) is 0 Å².